The number of ketones is 1. The summed E-state index contributed by atoms with van der Waals surface area (Å²) in [5.74, 6) is -0.182. The Morgan fingerprint density at radius 2 is 1.83 bits per heavy atom. The van der Waals surface area contributed by atoms with Crippen LogP contribution in [-0.2, 0) is 9.59 Å². The van der Waals surface area contributed by atoms with Crippen LogP contribution in [0.15, 0.2) is 52.4 Å². The van der Waals surface area contributed by atoms with Gasteiger partial charge in [0.05, 0.1) is 39.2 Å². The van der Waals surface area contributed by atoms with Crippen LogP contribution in [0, 0.1) is 0 Å². The minimum absolute atomic E-state index is 0.0467. The van der Waals surface area contributed by atoms with Gasteiger partial charge in [0.15, 0.2) is 23.0 Å². The Bertz CT molecular complexity index is 963. The minimum atomic E-state index is -0.829. The van der Waals surface area contributed by atoms with Crippen LogP contribution in [0.5, 0.6) is 17.2 Å². The number of carbonyl (C=O) groups excluding carboxylic acids is 2. The third-order valence-electron chi connectivity index (χ3n) is 4.65. The highest BCUT2D eigenvalue weighted by molar-refractivity contribution is 6.14. The van der Waals surface area contributed by atoms with Crippen molar-refractivity contribution in [1.29, 1.82) is 0 Å². The maximum Gasteiger partial charge on any atom is 0.289 e. The number of amides is 1. The van der Waals surface area contributed by atoms with E-state index in [1.54, 1.807) is 24.3 Å². The van der Waals surface area contributed by atoms with Crippen LogP contribution >= 0.6 is 0 Å². The second-order valence-corrected chi connectivity index (χ2v) is 6.25. The lowest BCUT2D eigenvalue weighted by molar-refractivity contribution is -0.128. The monoisotopic (exact) mass is 399 g/mol. The van der Waals surface area contributed by atoms with Crippen molar-refractivity contribution >= 4 is 17.8 Å². The lowest BCUT2D eigenvalue weighted by Crippen LogP contribution is -2.26. The number of benzene rings is 1. The summed E-state index contributed by atoms with van der Waals surface area (Å²) in [6.07, 6.45) is 4.20. The van der Waals surface area contributed by atoms with Gasteiger partial charge in [0.25, 0.3) is 5.91 Å². The van der Waals surface area contributed by atoms with Gasteiger partial charge < -0.3 is 28.6 Å². The van der Waals surface area contributed by atoms with Crippen molar-refractivity contribution in [3.05, 3.63) is 59.3 Å². The number of furan rings is 1. The topological polar surface area (TPSA) is 98.4 Å². The first-order valence-corrected chi connectivity index (χ1v) is 8.69. The van der Waals surface area contributed by atoms with E-state index in [0.717, 1.165) is 0 Å². The van der Waals surface area contributed by atoms with E-state index in [0.29, 0.717) is 28.6 Å². The van der Waals surface area contributed by atoms with Gasteiger partial charge in [-0.15, -0.1) is 0 Å². The van der Waals surface area contributed by atoms with E-state index in [1.807, 2.05) is 0 Å². The average molecular weight is 399 g/mol. The second kappa shape index (κ2) is 8.14. The summed E-state index contributed by atoms with van der Waals surface area (Å²) in [6, 6.07) is 5.81. The molecule has 0 fully saturated rings. The number of ether oxygens (including phenoxy) is 3. The number of methoxy groups -OCH3 is 3. The zero-order valence-electron chi connectivity index (χ0n) is 16.5. The lowest BCUT2D eigenvalue weighted by Gasteiger charge is -2.24. The number of rotatable bonds is 7. The molecule has 1 atom stereocenters. The Balaban J connectivity index is 2.07. The summed E-state index contributed by atoms with van der Waals surface area (Å²) in [4.78, 5) is 26.5. The fraction of sp³-hybridized carbons (Fsp3) is 0.238. The Morgan fingerprint density at radius 3 is 2.34 bits per heavy atom. The highest BCUT2D eigenvalue weighted by Gasteiger charge is 2.41. The predicted molar refractivity (Wildman–Crippen MR) is 104 cm³/mol. The molecule has 1 aliphatic rings. The highest BCUT2D eigenvalue weighted by Crippen LogP contribution is 2.44. The molecule has 8 nitrogen and oxygen atoms in total. The van der Waals surface area contributed by atoms with Gasteiger partial charge >= 0.3 is 0 Å². The largest absolute Gasteiger partial charge is 0.503 e. The molecule has 3 rings (SSSR count). The molecule has 1 aromatic heterocycles. The molecule has 1 amide bonds. The van der Waals surface area contributed by atoms with Crippen LogP contribution in [-0.4, -0.2) is 50.1 Å². The van der Waals surface area contributed by atoms with Gasteiger partial charge in [-0.1, -0.05) is 0 Å². The van der Waals surface area contributed by atoms with E-state index < -0.39 is 23.5 Å². The third kappa shape index (κ3) is 3.56. The summed E-state index contributed by atoms with van der Waals surface area (Å²) in [5.41, 5.74) is 0.476. The summed E-state index contributed by atoms with van der Waals surface area (Å²) in [6.45, 7) is 0. The van der Waals surface area contributed by atoms with E-state index in [9.17, 15) is 14.7 Å². The van der Waals surface area contributed by atoms with Gasteiger partial charge in [0.1, 0.15) is 5.76 Å². The third-order valence-corrected chi connectivity index (χ3v) is 4.65. The first-order valence-electron chi connectivity index (χ1n) is 8.69. The van der Waals surface area contributed by atoms with Gasteiger partial charge in [-0.05, 0) is 42.0 Å². The fourth-order valence-corrected chi connectivity index (χ4v) is 3.26. The summed E-state index contributed by atoms with van der Waals surface area (Å²) in [7, 11) is 5.92. The van der Waals surface area contributed by atoms with Crippen molar-refractivity contribution < 1.29 is 33.3 Å². The first-order chi connectivity index (χ1) is 13.9. The van der Waals surface area contributed by atoms with E-state index in [4.69, 9.17) is 18.6 Å². The Labute approximate surface area is 167 Å². The number of hydrogen-bond donors (Lipinski definition) is 1. The van der Waals surface area contributed by atoms with Gasteiger partial charge in [-0.2, -0.15) is 0 Å². The average Bonchev–Trinajstić information content (AvgIpc) is 3.33. The Hall–Kier alpha value is -3.68. The molecule has 29 heavy (non-hydrogen) atoms. The maximum atomic E-state index is 12.8. The van der Waals surface area contributed by atoms with Crippen molar-refractivity contribution in [1.82, 2.24) is 4.90 Å². The van der Waals surface area contributed by atoms with E-state index in [1.165, 1.54) is 51.7 Å². The molecule has 152 valence electrons. The molecule has 1 unspecified atom stereocenters. The van der Waals surface area contributed by atoms with Crippen molar-refractivity contribution in [3.8, 4) is 17.2 Å². The van der Waals surface area contributed by atoms with Crippen molar-refractivity contribution in [2.24, 2.45) is 0 Å². The number of nitrogens with zero attached hydrogens (tertiary/aromatic N) is 1. The minimum Gasteiger partial charge on any atom is -0.503 e. The van der Waals surface area contributed by atoms with Crippen LogP contribution in [0.2, 0.25) is 0 Å². The Kier molecular flexibility index (Phi) is 5.63. The molecular formula is C21H21NO7. The lowest BCUT2D eigenvalue weighted by atomic mass is 9.95. The molecule has 8 heteroatoms. The van der Waals surface area contributed by atoms with Gasteiger partial charge in [-0.25, -0.2) is 0 Å². The van der Waals surface area contributed by atoms with Gasteiger partial charge in [0, 0.05) is 7.05 Å². The first kappa shape index (κ1) is 20.1. The number of aliphatic hydroxyl groups is 1. The molecular weight excluding hydrogens is 378 g/mol. The molecule has 0 radical (unpaired) electrons. The SMILES string of the molecule is COc1cc(C2C(C(=O)/C=C/c3ccco3)=C(O)C(=O)N2C)cc(OC)c1OC. The van der Waals surface area contributed by atoms with E-state index in [-0.39, 0.29) is 5.57 Å². The summed E-state index contributed by atoms with van der Waals surface area (Å²) < 4.78 is 21.2. The number of hydrogen-bond acceptors (Lipinski definition) is 7. The molecule has 2 aromatic rings. The van der Waals surface area contributed by atoms with Crippen LogP contribution < -0.4 is 14.2 Å². The van der Waals surface area contributed by atoms with Gasteiger partial charge in [0.2, 0.25) is 5.75 Å². The van der Waals surface area contributed by atoms with Crippen LogP contribution in [0.4, 0.5) is 0 Å². The standard InChI is InChI=1S/C21H21NO7/c1-22-18(12-10-15(26-2)20(28-4)16(11-12)27-3)17(19(24)21(22)25)14(23)8-7-13-6-5-9-29-13/h5-11,18,24H,1-4H3/b8-7+. The fourth-order valence-electron chi connectivity index (χ4n) is 3.26. The van der Waals surface area contributed by atoms with E-state index >= 15 is 0 Å². The number of likely N-dealkylation sites (N-methyl/N-ethyl adjacent to an activating group) is 1. The second-order valence-electron chi connectivity index (χ2n) is 6.25. The number of carbonyl (C=O) groups is 2. The number of allylic oxidation sites excluding steroid dienone is 1. The quantitative estimate of drug-likeness (QED) is 0.715. The molecule has 0 saturated heterocycles. The highest BCUT2D eigenvalue weighted by atomic mass is 16.5. The van der Waals surface area contributed by atoms with E-state index in [2.05, 4.69) is 0 Å². The smallest absolute Gasteiger partial charge is 0.289 e. The molecule has 1 N–H and O–H groups in total. The molecule has 1 aliphatic heterocycles. The molecule has 0 spiro atoms. The van der Waals surface area contributed by atoms with Crippen LogP contribution in [0.1, 0.15) is 17.4 Å². The molecule has 0 saturated carbocycles. The molecule has 0 aliphatic carbocycles. The van der Waals surface area contributed by atoms with Crippen molar-refractivity contribution in [2.45, 2.75) is 6.04 Å². The normalized spacial score (nSPS) is 16.6. The van der Waals surface area contributed by atoms with Gasteiger partial charge in [-0.3, -0.25) is 9.59 Å². The molecule has 1 aromatic carbocycles. The summed E-state index contributed by atoms with van der Waals surface area (Å²) >= 11 is 0. The zero-order chi connectivity index (χ0) is 21.1. The van der Waals surface area contributed by atoms with Crippen LogP contribution in [0.25, 0.3) is 6.08 Å². The molecule has 0 bridgehead atoms. The van der Waals surface area contributed by atoms with Crippen molar-refractivity contribution in [2.75, 3.05) is 28.4 Å². The zero-order valence-corrected chi connectivity index (χ0v) is 16.5. The van der Waals surface area contributed by atoms with Crippen molar-refractivity contribution in [3.63, 3.8) is 0 Å². The predicted octanol–water partition coefficient (Wildman–Crippen LogP) is 2.91. The molecule has 2 heterocycles. The Morgan fingerprint density at radius 1 is 1.17 bits per heavy atom. The maximum absolute atomic E-state index is 12.8. The summed E-state index contributed by atoms with van der Waals surface area (Å²) in [5, 5.41) is 10.4. The van der Waals surface area contributed by atoms with Crippen LogP contribution in [0.3, 0.4) is 0 Å². The number of aliphatic hydroxyl groups excluding tert-OH is 1.